The molecule has 11 nitrogen and oxygen atoms in total. The maximum atomic E-state index is 11.6. The van der Waals surface area contributed by atoms with Crippen molar-refractivity contribution in [3.8, 4) is 22.9 Å². The monoisotopic (exact) mass is 549 g/mol. The van der Waals surface area contributed by atoms with Crippen molar-refractivity contribution in [2.45, 2.75) is 56.9 Å². The van der Waals surface area contributed by atoms with Crippen LogP contribution in [0.3, 0.4) is 0 Å². The van der Waals surface area contributed by atoms with E-state index in [-0.39, 0.29) is 23.8 Å². The third-order valence-electron chi connectivity index (χ3n) is 8.56. The smallest absolute Gasteiger partial charge is 0.263 e. The van der Waals surface area contributed by atoms with Crippen molar-refractivity contribution in [1.29, 1.82) is 0 Å². The van der Waals surface area contributed by atoms with Gasteiger partial charge in [-0.15, -0.1) is 0 Å². The molecule has 3 fully saturated rings. The van der Waals surface area contributed by atoms with Crippen molar-refractivity contribution in [2.75, 3.05) is 57.1 Å². The standard InChI is InChI=1S/C29H39N7O4/c1-19-18-38-11-9-35(19)24-13-21(12-22(14-24)29(37)6-10-39-20(29)2)26-16-31-27(30)28(33-26)40-25-15-32-36(17-25)23-4-7-34(3)8-5-23/h12-17,19-20,23,37H,4-11,18H2,1-3H3,(H2,30,31)/t19?,20-,29-/m0/s1. The molecule has 5 heterocycles. The van der Waals surface area contributed by atoms with E-state index >= 15 is 0 Å². The predicted molar refractivity (Wildman–Crippen MR) is 152 cm³/mol. The molecule has 214 valence electrons. The molecule has 11 heteroatoms. The van der Waals surface area contributed by atoms with Crippen molar-refractivity contribution in [1.82, 2.24) is 24.6 Å². The third-order valence-corrected chi connectivity index (χ3v) is 8.56. The summed E-state index contributed by atoms with van der Waals surface area (Å²) in [7, 11) is 2.14. The number of nitrogen functional groups attached to an aromatic ring is 1. The normalized spacial score (nSPS) is 26.4. The number of hydrogen-bond acceptors (Lipinski definition) is 10. The highest BCUT2D eigenvalue weighted by Crippen LogP contribution is 2.40. The number of hydrogen-bond donors (Lipinski definition) is 2. The second kappa shape index (κ2) is 11.0. The fourth-order valence-corrected chi connectivity index (χ4v) is 5.94. The average molecular weight is 550 g/mol. The summed E-state index contributed by atoms with van der Waals surface area (Å²) in [5.41, 5.74) is 8.32. The summed E-state index contributed by atoms with van der Waals surface area (Å²) < 4.78 is 19.5. The molecule has 1 aromatic carbocycles. The molecule has 0 spiro atoms. The Morgan fingerprint density at radius 1 is 1.10 bits per heavy atom. The largest absolute Gasteiger partial charge is 0.433 e. The minimum atomic E-state index is -1.09. The van der Waals surface area contributed by atoms with Crippen LogP contribution in [0.2, 0.25) is 0 Å². The van der Waals surface area contributed by atoms with E-state index in [4.69, 9.17) is 24.9 Å². The van der Waals surface area contributed by atoms with Gasteiger partial charge < -0.3 is 34.9 Å². The third kappa shape index (κ3) is 5.26. The topological polar surface area (TPSA) is 124 Å². The Hall–Kier alpha value is -3.25. The number of ether oxygens (including phenoxy) is 3. The van der Waals surface area contributed by atoms with Gasteiger partial charge in [-0.25, -0.2) is 9.97 Å². The molecular weight excluding hydrogens is 510 g/mol. The van der Waals surface area contributed by atoms with E-state index in [1.165, 1.54) is 0 Å². The Morgan fingerprint density at radius 2 is 1.93 bits per heavy atom. The minimum Gasteiger partial charge on any atom is -0.433 e. The fourth-order valence-electron chi connectivity index (χ4n) is 5.94. The molecule has 3 atom stereocenters. The Kier molecular flexibility index (Phi) is 7.39. The lowest BCUT2D eigenvalue weighted by molar-refractivity contribution is -0.0316. The Labute approximate surface area is 234 Å². The number of rotatable bonds is 6. The van der Waals surface area contributed by atoms with Crippen LogP contribution in [0.5, 0.6) is 11.6 Å². The van der Waals surface area contributed by atoms with Gasteiger partial charge in [0, 0.05) is 30.3 Å². The lowest BCUT2D eigenvalue weighted by atomic mass is 9.86. The summed E-state index contributed by atoms with van der Waals surface area (Å²) >= 11 is 0. The quantitative estimate of drug-likeness (QED) is 0.474. The molecule has 3 saturated heterocycles. The number of nitrogens with two attached hydrogens (primary N) is 1. The van der Waals surface area contributed by atoms with Crippen LogP contribution in [0.1, 0.15) is 44.7 Å². The van der Waals surface area contributed by atoms with Crippen LogP contribution in [0.15, 0.2) is 36.8 Å². The second-order valence-corrected chi connectivity index (χ2v) is 11.3. The number of nitrogens with zero attached hydrogens (tertiary/aromatic N) is 6. The molecule has 2 aromatic heterocycles. The summed E-state index contributed by atoms with van der Waals surface area (Å²) in [6, 6.07) is 6.66. The minimum absolute atomic E-state index is 0.196. The average Bonchev–Trinajstić information content (AvgIpc) is 3.57. The molecule has 40 heavy (non-hydrogen) atoms. The molecule has 0 amide bonds. The summed E-state index contributed by atoms with van der Waals surface area (Å²) in [5, 5.41) is 16.2. The molecule has 0 bridgehead atoms. The Balaban J connectivity index is 1.32. The van der Waals surface area contributed by atoms with Gasteiger partial charge >= 0.3 is 0 Å². The molecule has 3 aliphatic heterocycles. The predicted octanol–water partition coefficient (Wildman–Crippen LogP) is 3.20. The number of likely N-dealkylation sites (tertiary alicyclic amines) is 1. The summed E-state index contributed by atoms with van der Waals surface area (Å²) in [4.78, 5) is 13.8. The van der Waals surface area contributed by atoms with Gasteiger partial charge in [0.15, 0.2) is 11.6 Å². The van der Waals surface area contributed by atoms with Gasteiger partial charge in [0.1, 0.15) is 5.60 Å². The Morgan fingerprint density at radius 3 is 2.67 bits per heavy atom. The highest BCUT2D eigenvalue weighted by molar-refractivity contribution is 5.69. The van der Waals surface area contributed by atoms with E-state index in [2.05, 4.69) is 46.0 Å². The van der Waals surface area contributed by atoms with Crippen LogP contribution in [-0.2, 0) is 15.1 Å². The molecule has 3 aromatic rings. The number of benzene rings is 1. The summed E-state index contributed by atoms with van der Waals surface area (Å²) in [6.45, 7) is 8.72. The van der Waals surface area contributed by atoms with E-state index in [1.807, 2.05) is 23.9 Å². The fraction of sp³-hybridized carbons (Fsp3) is 0.552. The summed E-state index contributed by atoms with van der Waals surface area (Å²) in [5.74, 6) is 0.994. The first-order valence-electron chi connectivity index (χ1n) is 14.2. The highest BCUT2D eigenvalue weighted by atomic mass is 16.5. The van der Waals surface area contributed by atoms with Crippen LogP contribution in [0, 0.1) is 0 Å². The van der Waals surface area contributed by atoms with Crippen molar-refractivity contribution in [3.63, 3.8) is 0 Å². The Bertz CT molecular complexity index is 1340. The molecule has 0 radical (unpaired) electrons. The van der Waals surface area contributed by atoms with E-state index in [9.17, 15) is 5.11 Å². The van der Waals surface area contributed by atoms with Crippen LogP contribution >= 0.6 is 0 Å². The zero-order chi connectivity index (χ0) is 27.9. The van der Waals surface area contributed by atoms with Crippen LogP contribution < -0.4 is 15.4 Å². The van der Waals surface area contributed by atoms with Gasteiger partial charge in [0.05, 0.1) is 56.3 Å². The van der Waals surface area contributed by atoms with Gasteiger partial charge in [-0.2, -0.15) is 5.10 Å². The molecule has 3 aliphatic rings. The molecule has 6 rings (SSSR count). The molecule has 3 N–H and O–H groups in total. The van der Waals surface area contributed by atoms with Crippen LogP contribution in [0.25, 0.3) is 11.3 Å². The van der Waals surface area contributed by atoms with Crippen molar-refractivity contribution < 1.29 is 19.3 Å². The molecule has 1 unspecified atom stereocenters. The van der Waals surface area contributed by atoms with Gasteiger partial charge in [-0.3, -0.25) is 4.68 Å². The van der Waals surface area contributed by atoms with Crippen LogP contribution in [0.4, 0.5) is 11.5 Å². The molecular formula is C29H39N7O4. The summed E-state index contributed by atoms with van der Waals surface area (Å²) in [6.07, 6.45) is 7.54. The lowest BCUT2D eigenvalue weighted by Gasteiger charge is -2.36. The second-order valence-electron chi connectivity index (χ2n) is 11.3. The SMILES string of the molecule is CC1COCCN1c1cc(-c2cnc(N)c(Oc3cnn(C4CCN(C)CC4)c3)n2)cc([C@]2(O)CCO[C@H]2C)c1. The van der Waals surface area contributed by atoms with Crippen molar-refractivity contribution in [2.24, 2.45) is 0 Å². The van der Waals surface area contributed by atoms with Gasteiger partial charge in [-0.1, -0.05) is 0 Å². The van der Waals surface area contributed by atoms with E-state index in [1.54, 1.807) is 12.4 Å². The van der Waals surface area contributed by atoms with E-state index in [0.29, 0.717) is 43.7 Å². The maximum Gasteiger partial charge on any atom is 0.263 e. The molecule has 0 aliphatic carbocycles. The highest BCUT2D eigenvalue weighted by Gasteiger charge is 2.42. The molecule has 0 saturated carbocycles. The number of aliphatic hydroxyl groups is 1. The lowest BCUT2D eigenvalue weighted by Crippen LogP contribution is -2.44. The van der Waals surface area contributed by atoms with Crippen LogP contribution in [-0.4, -0.2) is 88.4 Å². The van der Waals surface area contributed by atoms with Crippen molar-refractivity contribution in [3.05, 3.63) is 42.4 Å². The number of piperidine rings is 1. The number of morpholine rings is 1. The first kappa shape index (κ1) is 26.9. The van der Waals surface area contributed by atoms with Gasteiger partial charge in [0.2, 0.25) is 0 Å². The van der Waals surface area contributed by atoms with Gasteiger partial charge in [-0.05, 0) is 70.6 Å². The number of aromatic nitrogens is 4. The maximum absolute atomic E-state index is 11.6. The van der Waals surface area contributed by atoms with E-state index in [0.717, 1.165) is 49.3 Å². The first-order chi connectivity index (χ1) is 19.3. The van der Waals surface area contributed by atoms with Gasteiger partial charge in [0.25, 0.3) is 5.88 Å². The zero-order valence-electron chi connectivity index (χ0n) is 23.5. The van der Waals surface area contributed by atoms with E-state index < -0.39 is 5.60 Å². The first-order valence-corrected chi connectivity index (χ1v) is 14.2. The zero-order valence-corrected chi connectivity index (χ0v) is 23.5. The number of anilines is 2. The van der Waals surface area contributed by atoms with Crippen molar-refractivity contribution >= 4 is 11.5 Å².